The number of anilines is 1. The molecular formula is C18H13BrN2O3S. The van der Waals surface area contributed by atoms with Crippen molar-refractivity contribution in [2.75, 3.05) is 5.32 Å². The Labute approximate surface area is 156 Å². The van der Waals surface area contributed by atoms with E-state index in [0.717, 1.165) is 15.7 Å². The molecule has 0 fully saturated rings. The number of esters is 1. The third kappa shape index (κ3) is 4.52. The standard InChI is InChI=1S/C18H13BrN2O3S/c1-11(22)24-15-8-4-13(5-9-15)17(23)21-18-20-16(10-25-18)12-2-6-14(19)7-3-12/h2-10H,1H3,(H,20,21,23). The number of nitrogens with zero attached hydrogens (tertiary/aromatic N) is 1. The summed E-state index contributed by atoms with van der Waals surface area (Å²) in [6.45, 7) is 1.33. The summed E-state index contributed by atoms with van der Waals surface area (Å²) in [5.74, 6) is -0.276. The minimum Gasteiger partial charge on any atom is -0.427 e. The predicted molar refractivity (Wildman–Crippen MR) is 101 cm³/mol. The van der Waals surface area contributed by atoms with Crippen LogP contribution in [0.15, 0.2) is 58.4 Å². The van der Waals surface area contributed by atoms with Crippen LogP contribution in [-0.4, -0.2) is 16.9 Å². The van der Waals surface area contributed by atoms with Gasteiger partial charge in [0.25, 0.3) is 5.91 Å². The first-order chi connectivity index (χ1) is 12.0. The van der Waals surface area contributed by atoms with E-state index in [2.05, 4.69) is 26.2 Å². The summed E-state index contributed by atoms with van der Waals surface area (Å²) in [6.07, 6.45) is 0. The fraction of sp³-hybridized carbons (Fsp3) is 0.0556. The highest BCUT2D eigenvalue weighted by molar-refractivity contribution is 9.10. The number of rotatable bonds is 4. The summed E-state index contributed by atoms with van der Waals surface area (Å²) in [5, 5.41) is 5.18. The van der Waals surface area contributed by atoms with Crippen LogP contribution in [0.5, 0.6) is 5.75 Å². The molecule has 1 N–H and O–H groups in total. The maximum absolute atomic E-state index is 12.3. The lowest BCUT2D eigenvalue weighted by Crippen LogP contribution is -2.11. The first kappa shape index (κ1) is 17.3. The fourth-order valence-corrected chi connectivity index (χ4v) is 3.07. The van der Waals surface area contributed by atoms with Crippen molar-refractivity contribution in [2.45, 2.75) is 6.92 Å². The van der Waals surface area contributed by atoms with Crippen LogP contribution >= 0.6 is 27.3 Å². The Kier molecular flexibility index (Phi) is 5.25. The van der Waals surface area contributed by atoms with Gasteiger partial charge in [-0.2, -0.15) is 0 Å². The molecule has 0 aliphatic heterocycles. The molecule has 25 heavy (non-hydrogen) atoms. The number of carbonyl (C=O) groups is 2. The van der Waals surface area contributed by atoms with Crippen molar-refractivity contribution in [3.05, 3.63) is 63.9 Å². The molecule has 0 bridgehead atoms. The van der Waals surface area contributed by atoms with Gasteiger partial charge in [0.05, 0.1) is 5.69 Å². The number of thiazole rings is 1. The highest BCUT2D eigenvalue weighted by Crippen LogP contribution is 2.26. The number of nitrogens with one attached hydrogen (secondary N) is 1. The number of carbonyl (C=O) groups excluding carboxylic acids is 2. The Morgan fingerprint density at radius 3 is 2.40 bits per heavy atom. The monoisotopic (exact) mass is 416 g/mol. The lowest BCUT2D eigenvalue weighted by atomic mass is 10.2. The predicted octanol–water partition coefficient (Wildman–Crippen LogP) is 4.75. The van der Waals surface area contributed by atoms with Crippen molar-refractivity contribution >= 4 is 44.3 Å². The van der Waals surface area contributed by atoms with Gasteiger partial charge in [0.2, 0.25) is 0 Å². The van der Waals surface area contributed by atoms with E-state index in [1.807, 2.05) is 29.6 Å². The fourth-order valence-electron chi connectivity index (χ4n) is 2.09. The van der Waals surface area contributed by atoms with Gasteiger partial charge in [0.1, 0.15) is 5.75 Å². The quantitative estimate of drug-likeness (QED) is 0.492. The number of hydrogen-bond acceptors (Lipinski definition) is 5. The normalized spacial score (nSPS) is 10.3. The van der Waals surface area contributed by atoms with E-state index in [-0.39, 0.29) is 5.91 Å². The van der Waals surface area contributed by atoms with Gasteiger partial charge in [0, 0.05) is 27.9 Å². The van der Waals surface area contributed by atoms with Crippen molar-refractivity contribution in [3.63, 3.8) is 0 Å². The Morgan fingerprint density at radius 1 is 1.08 bits per heavy atom. The highest BCUT2D eigenvalue weighted by Gasteiger charge is 2.10. The molecule has 3 aromatic rings. The lowest BCUT2D eigenvalue weighted by molar-refractivity contribution is -0.131. The number of aromatic nitrogens is 1. The smallest absolute Gasteiger partial charge is 0.308 e. The number of benzene rings is 2. The van der Waals surface area contributed by atoms with E-state index in [4.69, 9.17) is 4.74 Å². The zero-order valence-corrected chi connectivity index (χ0v) is 15.6. The maximum Gasteiger partial charge on any atom is 0.308 e. The molecule has 1 amide bonds. The maximum atomic E-state index is 12.3. The van der Waals surface area contributed by atoms with Crippen LogP contribution in [0.1, 0.15) is 17.3 Å². The van der Waals surface area contributed by atoms with E-state index in [1.54, 1.807) is 24.3 Å². The number of ether oxygens (including phenoxy) is 1. The number of amides is 1. The molecule has 3 rings (SSSR count). The molecule has 0 spiro atoms. The summed E-state index contributed by atoms with van der Waals surface area (Å²) in [5.41, 5.74) is 2.24. The minimum absolute atomic E-state index is 0.272. The number of hydrogen-bond donors (Lipinski definition) is 1. The molecule has 126 valence electrons. The second-order valence-corrected chi connectivity index (χ2v) is 6.89. The van der Waals surface area contributed by atoms with Crippen molar-refractivity contribution in [3.8, 4) is 17.0 Å². The highest BCUT2D eigenvalue weighted by atomic mass is 79.9. The van der Waals surface area contributed by atoms with E-state index in [1.165, 1.54) is 18.3 Å². The van der Waals surface area contributed by atoms with Crippen molar-refractivity contribution in [2.24, 2.45) is 0 Å². The molecule has 0 atom stereocenters. The molecule has 0 aliphatic carbocycles. The summed E-state index contributed by atoms with van der Waals surface area (Å²) in [4.78, 5) is 27.6. The average molecular weight is 417 g/mol. The Balaban J connectivity index is 1.69. The second-order valence-electron chi connectivity index (χ2n) is 5.12. The zero-order chi connectivity index (χ0) is 17.8. The van der Waals surface area contributed by atoms with Crippen LogP contribution in [0.25, 0.3) is 11.3 Å². The van der Waals surface area contributed by atoms with Gasteiger partial charge in [-0.25, -0.2) is 4.98 Å². The number of halogens is 1. The van der Waals surface area contributed by atoms with Crippen LogP contribution in [0.3, 0.4) is 0 Å². The third-order valence-corrected chi connectivity index (χ3v) is 4.53. The van der Waals surface area contributed by atoms with Crippen molar-refractivity contribution < 1.29 is 14.3 Å². The Bertz CT molecular complexity index is 905. The van der Waals surface area contributed by atoms with Crippen LogP contribution < -0.4 is 10.1 Å². The summed E-state index contributed by atoms with van der Waals surface area (Å²) in [7, 11) is 0. The van der Waals surface area contributed by atoms with E-state index in [9.17, 15) is 9.59 Å². The van der Waals surface area contributed by atoms with Gasteiger partial charge in [-0.3, -0.25) is 14.9 Å². The van der Waals surface area contributed by atoms with E-state index >= 15 is 0 Å². The van der Waals surface area contributed by atoms with E-state index in [0.29, 0.717) is 16.4 Å². The second kappa shape index (κ2) is 7.58. The Hall–Kier alpha value is -2.51. The largest absolute Gasteiger partial charge is 0.427 e. The van der Waals surface area contributed by atoms with Crippen molar-refractivity contribution in [1.82, 2.24) is 4.98 Å². The minimum atomic E-state index is -0.402. The van der Waals surface area contributed by atoms with Gasteiger partial charge >= 0.3 is 5.97 Å². The summed E-state index contributed by atoms with van der Waals surface area (Å²) >= 11 is 4.76. The molecule has 5 nitrogen and oxygen atoms in total. The lowest BCUT2D eigenvalue weighted by Gasteiger charge is -2.04. The van der Waals surface area contributed by atoms with Crippen LogP contribution in [0.4, 0.5) is 5.13 Å². The molecule has 7 heteroatoms. The average Bonchev–Trinajstić information content (AvgIpc) is 3.04. The molecule has 0 radical (unpaired) electrons. The van der Waals surface area contributed by atoms with Gasteiger partial charge < -0.3 is 4.74 Å². The van der Waals surface area contributed by atoms with Crippen LogP contribution in [0, 0.1) is 0 Å². The van der Waals surface area contributed by atoms with Crippen LogP contribution in [-0.2, 0) is 4.79 Å². The first-order valence-electron chi connectivity index (χ1n) is 7.32. The molecule has 1 heterocycles. The molecule has 0 unspecified atom stereocenters. The third-order valence-electron chi connectivity index (χ3n) is 3.24. The molecular weight excluding hydrogens is 404 g/mol. The van der Waals surface area contributed by atoms with E-state index < -0.39 is 5.97 Å². The topological polar surface area (TPSA) is 68.3 Å². The molecule has 1 aromatic heterocycles. The van der Waals surface area contributed by atoms with Gasteiger partial charge in [0.15, 0.2) is 5.13 Å². The summed E-state index contributed by atoms with van der Waals surface area (Å²) < 4.78 is 5.94. The summed E-state index contributed by atoms with van der Waals surface area (Å²) in [6, 6.07) is 14.1. The molecule has 0 aliphatic rings. The SMILES string of the molecule is CC(=O)Oc1ccc(C(=O)Nc2nc(-c3ccc(Br)cc3)cs2)cc1. The van der Waals surface area contributed by atoms with Gasteiger partial charge in [-0.1, -0.05) is 28.1 Å². The molecule has 2 aromatic carbocycles. The first-order valence-corrected chi connectivity index (χ1v) is 9.00. The van der Waals surface area contributed by atoms with Gasteiger partial charge in [-0.05, 0) is 36.4 Å². The molecule has 0 saturated carbocycles. The van der Waals surface area contributed by atoms with Crippen molar-refractivity contribution in [1.29, 1.82) is 0 Å². The van der Waals surface area contributed by atoms with Gasteiger partial charge in [-0.15, -0.1) is 11.3 Å². The zero-order valence-electron chi connectivity index (χ0n) is 13.2. The Morgan fingerprint density at radius 2 is 1.76 bits per heavy atom. The van der Waals surface area contributed by atoms with Crippen LogP contribution in [0.2, 0.25) is 0 Å². The molecule has 0 saturated heterocycles.